The van der Waals surface area contributed by atoms with Gasteiger partial charge in [0.2, 0.25) is 0 Å². The van der Waals surface area contributed by atoms with E-state index < -0.39 is 17.4 Å². The van der Waals surface area contributed by atoms with Crippen LogP contribution in [0.15, 0.2) is 29.2 Å². The van der Waals surface area contributed by atoms with Crippen LogP contribution in [0.1, 0.15) is 16.7 Å². The molecule has 0 unspecified atom stereocenters. The van der Waals surface area contributed by atoms with Gasteiger partial charge in [0.05, 0.1) is 0 Å². The van der Waals surface area contributed by atoms with E-state index in [4.69, 9.17) is 0 Å². The molecule has 110 valence electrons. The van der Waals surface area contributed by atoms with Crippen LogP contribution in [0.2, 0.25) is 0 Å². The number of rotatable bonds is 2. The van der Waals surface area contributed by atoms with Crippen molar-refractivity contribution in [1.82, 2.24) is 9.88 Å². The van der Waals surface area contributed by atoms with Gasteiger partial charge in [-0.05, 0) is 30.2 Å². The Kier molecular flexibility index (Phi) is 3.47. The second-order valence-electron chi connectivity index (χ2n) is 5.13. The molecule has 0 saturated heterocycles. The number of aromatic hydroxyl groups is 1. The van der Waals surface area contributed by atoms with Crippen LogP contribution in [0.25, 0.3) is 0 Å². The highest BCUT2D eigenvalue weighted by Gasteiger charge is 2.22. The van der Waals surface area contributed by atoms with Gasteiger partial charge in [-0.25, -0.2) is 8.78 Å². The first-order valence-corrected chi connectivity index (χ1v) is 6.64. The van der Waals surface area contributed by atoms with E-state index in [0.29, 0.717) is 25.1 Å². The molecule has 4 nitrogen and oxygen atoms in total. The van der Waals surface area contributed by atoms with E-state index in [0.717, 1.165) is 17.7 Å². The number of hydrogen-bond acceptors (Lipinski definition) is 3. The zero-order chi connectivity index (χ0) is 15.0. The van der Waals surface area contributed by atoms with Crippen molar-refractivity contribution in [1.29, 1.82) is 0 Å². The smallest absolute Gasteiger partial charge is 0.252 e. The Bertz CT molecular complexity index is 743. The number of benzene rings is 1. The fraction of sp³-hybridized carbons (Fsp3) is 0.267. The molecule has 0 bridgehead atoms. The average Bonchev–Trinajstić information content (AvgIpc) is 2.48. The number of halogens is 2. The molecule has 1 aliphatic heterocycles. The van der Waals surface area contributed by atoms with Crippen molar-refractivity contribution in [2.45, 2.75) is 19.5 Å². The molecule has 0 saturated carbocycles. The van der Waals surface area contributed by atoms with E-state index >= 15 is 0 Å². The fourth-order valence-corrected chi connectivity index (χ4v) is 2.63. The highest BCUT2D eigenvalue weighted by molar-refractivity contribution is 5.32. The first-order chi connectivity index (χ1) is 10.1. The monoisotopic (exact) mass is 292 g/mol. The van der Waals surface area contributed by atoms with Gasteiger partial charge in [-0.1, -0.05) is 0 Å². The molecule has 2 heterocycles. The summed E-state index contributed by atoms with van der Waals surface area (Å²) in [6.07, 6.45) is 2.26. The molecule has 0 fully saturated rings. The average molecular weight is 292 g/mol. The molecular weight excluding hydrogens is 278 g/mol. The second-order valence-corrected chi connectivity index (χ2v) is 5.13. The summed E-state index contributed by atoms with van der Waals surface area (Å²) in [7, 11) is 0. The van der Waals surface area contributed by atoms with Gasteiger partial charge in [-0.15, -0.1) is 0 Å². The van der Waals surface area contributed by atoms with Crippen LogP contribution < -0.4 is 5.56 Å². The zero-order valence-electron chi connectivity index (χ0n) is 11.2. The van der Waals surface area contributed by atoms with Gasteiger partial charge in [-0.2, -0.15) is 0 Å². The lowest BCUT2D eigenvalue weighted by Crippen LogP contribution is -2.34. The lowest BCUT2D eigenvalue weighted by Gasteiger charge is -2.28. The predicted octanol–water partition coefficient (Wildman–Crippen LogP) is 1.92. The Morgan fingerprint density at radius 3 is 2.90 bits per heavy atom. The standard InChI is InChI=1S/C15H14F2N2O2/c16-12-1-2-13(20)14(17)11(12)8-19-6-4-9-3-5-18-15(21)10(9)7-19/h1-3,5,20H,4,6-8H2,(H,18,21). The number of nitrogens with zero attached hydrogens (tertiary/aromatic N) is 1. The number of H-pyrrole nitrogens is 1. The molecule has 3 rings (SSSR count). The van der Waals surface area contributed by atoms with Crippen molar-refractivity contribution in [3.63, 3.8) is 0 Å². The highest BCUT2D eigenvalue weighted by Crippen LogP contribution is 2.25. The minimum absolute atomic E-state index is 0.0137. The second kappa shape index (κ2) is 5.29. The Morgan fingerprint density at radius 1 is 1.29 bits per heavy atom. The fourth-order valence-electron chi connectivity index (χ4n) is 2.63. The Balaban J connectivity index is 1.87. The molecule has 2 N–H and O–H groups in total. The Labute approximate surface area is 119 Å². The van der Waals surface area contributed by atoms with E-state index in [1.165, 1.54) is 0 Å². The molecule has 6 heteroatoms. The maximum atomic E-state index is 13.8. The third-order valence-electron chi connectivity index (χ3n) is 3.79. The summed E-state index contributed by atoms with van der Waals surface area (Å²) in [5.41, 5.74) is 1.25. The number of pyridine rings is 1. The molecule has 2 aromatic rings. The summed E-state index contributed by atoms with van der Waals surface area (Å²) >= 11 is 0. The maximum absolute atomic E-state index is 13.8. The highest BCUT2D eigenvalue weighted by atomic mass is 19.1. The summed E-state index contributed by atoms with van der Waals surface area (Å²) in [5, 5.41) is 9.34. The van der Waals surface area contributed by atoms with Crippen LogP contribution in [-0.2, 0) is 19.5 Å². The van der Waals surface area contributed by atoms with Crippen molar-refractivity contribution in [3.8, 4) is 5.75 Å². The molecule has 1 aliphatic rings. The third-order valence-corrected chi connectivity index (χ3v) is 3.79. The molecule has 0 amide bonds. The van der Waals surface area contributed by atoms with Crippen LogP contribution in [-0.4, -0.2) is 21.5 Å². The van der Waals surface area contributed by atoms with Gasteiger partial charge in [0.15, 0.2) is 11.6 Å². The summed E-state index contributed by atoms with van der Waals surface area (Å²) in [4.78, 5) is 16.2. The van der Waals surface area contributed by atoms with Gasteiger partial charge in [-0.3, -0.25) is 9.69 Å². The quantitative estimate of drug-likeness (QED) is 0.889. The van der Waals surface area contributed by atoms with Gasteiger partial charge < -0.3 is 10.1 Å². The first-order valence-electron chi connectivity index (χ1n) is 6.64. The molecule has 0 aliphatic carbocycles. The minimum Gasteiger partial charge on any atom is -0.505 e. The molecule has 21 heavy (non-hydrogen) atoms. The summed E-state index contributed by atoms with van der Waals surface area (Å²) < 4.78 is 27.5. The Hall–Kier alpha value is -2.21. The van der Waals surface area contributed by atoms with Crippen LogP contribution in [0.4, 0.5) is 8.78 Å². The van der Waals surface area contributed by atoms with Crippen LogP contribution >= 0.6 is 0 Å². The van der Waals surface area contributed by atoms with Crippen molar-refractivity contribution in [3.05, 3.63) is 63.1 Å². The summed E-state index contributed by atoms with van der Waals surface area (Å²) in [6, 6.07) is 3.88. The number of hydrogen-bond donors (Lipinski definition) is 2. The summed E-state index contributed by atoms with van der Waals surface area (Å²) in [6.45, 7) is 0.949. The van der Waals surface area contributed by atoms with Crippen molar-refractivity contribution in [2.24, 2.45) is 0 Å². The number of aromatic amines is 1. The van der Waals surface area contributed by atoms with E-state index in [1.807, 2.05) is 6.07 Å². The summed E-state index contributed by atoms with van der Waals surface area (Å²) in [5.74, 6) is -2.21. The number of nitrogens with one attached hydrogen (secondary N) is 1. The van der Waals surface area contributed by atoms with Crippen molar-refractivity contribution in [2.75, 3.05) is 6.54 Å². The molecule has 1 aromatic heterocycles. The lowest BCUT2D eigenvalue weighted by atomic mass is 10.0. The normalized spacial score (nSPS) is 15.0. The molecular formula is C15H14F2N2O2. The van der Waals surface area contributed by atoms with E-state index in [1.54, 1.807) is 11.1 Å². The molecule has 0 radical (unpaired) electrons. The van der Waals surface area contributed by atoms with E-state index in [2.05, 4.69) is 4.98 Å². The van der Waals surface area contributed by atoms with Crippen LogP contribution in [0, 0.1) is 11.6 Å². The van der Waals surface area contributed by atoms with Gasteiger partial charge in [0.25, 0.3) is 5.56 Å². The first kappa shape index (κ1) is 13.8. The predicted molar refractivity (Wildman–Crippen MR) is 72.9 cm³/mol. The minimum atomic E-state index is -0.942. The van der Waals surface area contributed by atoms with Crippen LogP contribution in [0.5, 0.6) is 5.75 Å². The largest absolute Gasteiger partial charge is 0.505 e. The number of aromatic nitrogens is 1. The topological polar surface area (TPSA) is 56.3 Å². The van der Waals surface area contributed by atoms with E-state index in [-0.39, 0.29) is 17.7 Å². The van der Waals surface area contributed by atoms with Gasteiger partial charge >= 0.3 is 0 Å². The van der Waals surface area contributed by atoms with Gasteiger partial charge in [0, 0.05) is 37.0 Å². The Morgan fingerprint density at radius 2 is 2.10 bits per heavy atom. The van der Waals surface area contributed by atoms with Crippen molar-refractivity contribution >= 4 is 0 Å². The SMILES string of the molecule is O=c1[nH]ccc2c1CN(Cc1c(F)ccc(O)c1F)CC2. The zero-order valence-corrected chi connectivity index (χ0v) is 11.2. The van der Waals surface area contributed by atoms with E-state index in [9.17, 15) is 18.7 Å². The maximum Gasteiger partial charge on any atom is 0.252 e. The van der Waals surface area contributed by atoms with Gasteiger partial charge in [0.1, 0.15) is 5.82 Å². The molecule has 0 atom stereocenters. The van der Waals surface area contributed by atoms with Crippen molar-refractivity contribution < 1.29 is 13.9 Å². The third kappa shape index (κ3) is 2.54. The lowest BCUT2D eigenvalue weighted by molar-refractivity contribution is 0.236. The molecule has 1 aromatic carbocycles. The number of phenols is 1. The van der Waals surface area contributed by atoms with Crippen LogP contribution in [0.3, 0.4) is 0 Å². The molecule has 0 spiro atoms. The number of phenolic OH excluding ortho intramolecular Hbond substituents is 1. The number of fused-ring (bicyclic) bond motifs is 1.